The molecule has 0 radical (unpaired) electrons. The van der Waals surface area contributed by atoms with E-state index in [0.717, 1.165) is 18.4 Å². The minimum Gasteiger partial charge on any atom is -0.371 e. The van der Waals surface area contributed by atoms with Crippen LogP contribution in [0.4, 0.5) is 4.39 Å². The highest BCUT2D eigenvalue weighted by Gasteiger charge is 2.23. The predicted molar refractivity (Wildman–Crippen MR) is 48.9 cm³/mol. The maximum absolute atomic E-state index is 12.9. The molecule has 1 aliphatic rings. The van der Waals surface area contributed by atoms with Gasteiger partial charge in [-0.3, -0.25) is 0 Å². The van der Waals surface area contributed by atoms with Crippen LogP contribution in [-0.2, 0) is 4.74 Å². The number of benzene rings is 1. The molecule has 1 aliphatic heterocycles. The molecular formula is C11H13FO. The van der Waals surface area contributed by atoms with Crippen LogP contribution < -0.4 is 0 Å². The molecule has 1 heterocycles. The third-order valence-electron chi connectivity index (χ3n) is 2.45. The fourth-order valence-electron chi connectivity index (χ4n) is 1.75. The molecule has 1 aromatic rings. The maximum Gasteiger partial charge on any atom is 0.123 e. The Morgan fingerprint density at radius 3 is 2.85 bits per heavy atom. The summed E-state index contributed by atoms with van der Waals surface area (Å²) in [5, 5.41) is 0. The lowest BCUT2D eigenvalue weighted by molar-refractivity contribution is 0.0554. The normalized spacial score (nSPS) is 27.8. The Morgan fingerprint density at radius 1 is 1.38 bits per heavy atom. The van der Waals surface area contributed by atoms with E-state index in [1.165, 1.54) is 6.07 Å². The van der Waals surface area contributed by atoms with E-state index in [1.807, 2.05) is 6.07 Å². The van der Waals surface area contributed by atoms with Crippen LogP contribution in [0.3, 0.4) is 0 Å². The van der Waals surface area contributed by atoms with Crippen molar-refractivity contribution in [3.05, 3.63) is 35.6 Å². The lowest BCUT2D eigenvalue weighted by Gasteiger charge is -2.10. The van der Waals surface area contributed by atoms with Gasteiger partial charge in [0, 0.05) is 0 Å². The van der Waals surface area contributed by atoms with E-state index in [-0.39, 0.29) is 11.9 Å². The molecule has 1 nitrogen and oxygen atoms in total. The van der Waals surface area contributed by atoms with Crippen molar-refractivity contribution < 1.29 is 9.13 Å². The first kappa shape index (κ1) is 8.70. The summed E-state index contributed by atoms with van der Waals surface area (Å²) in [4.78, 5) is 0. The van der Waals surface area contributed by atoms with E-state index in [9.17, 15) is 4.39 Å². The van der Waals surface area contributed by atoms with Gasteiger partial charge in [0.05, 0.1) is 12.2 Å². The van der Waals surface area contributed by atoms with E-state index in [0.29, 0.717) is 6.10 Å². The summed E-state index contributed by atoms with van der Waals surface area (Å²) in [7, 11) is 0. The molecule has 2 rings (SSSR count). The van der Waals surface area contributed by atoms with Crippen molar-refractivity contribution in [3.8, 4) is 0 Å². The highest BCUT2D eigenvalue weighted by Crippen LogP contribution is 2.32. The summed E-state index contributed by atoms with van der Waals surface area (Å²) in [6.45, 7) is 2.05. The second-order valence-electron chi connectivity index (χ2n) is 3.57. The largest absolute Gasteiger partial charge is 0.371 e. The van der Waals surface area contributed by atoms with Gasteiger partial charge in [-0.2, -0.15) is 0 Å². The Kier molecular flexibility index (Phi) is 2.32. The second-order valence-corrected chi connectivity index (χ2v) is 3.57. The van der Waals surface area contributed by atoms with Gasteiger partial charge in [-0.1, -0.05) is 12.1 Å². The molecule has 0 saturated carbocycles. The van der Waals surface area contributed by atoms with Gasteiger partial charge in [0.2, 0.25) is 0 Å². The molecule has 2 atom stereocenters. The molecule has 0 N–H and O–H groups in total. The molecule has 0 spiro atoms. The smallest absolute Gasteiger partial charge is 0.123 e. The number of ether oxygens (including phenoxy) is 1. The Hall–Kier alpha value is -0.890. The van der Waals surface area contributed by atoms with Crippen LogP contribution in [0.15, 0.2) is 24.3 Å². The van der Waals surface area contributed by atoms with Crippen LogP contribution in [0.2, 0.25) is 0 Å². The van der Waals surface area contributed by atoms with Crippen LogP contribution in [0, 0.1) is 5.82 Å². The molecule has 0 amide bonds. The van der Waals surface area contributed by atoms with Crippen LogP contribution >= 0.6 is 0 Å². The zero-order valence-corrected chi connectivity index (χ0v) is 7.66. The van der Waals surface area contributed by atoms with E-state index in [2.05, 4.69) is 6.92 Å². The number of hydrogen-bond acceptors (Lipinski definition) is 1. The lowest BCUT2D eigenvalue weighted by atomic mass is 10.1. The number of hydrogen-bond donors (Lipinski definition) is 0. The molecule has 13 heavy (non-hydrogen) atoms. The van der Waals surface area contributed by atoms with Gasteiger partial charge >= 0.3 is 0 Å². The van der Waals surface area contributed by atoms with Crippen molar-refractivity contribution in [3.63, 3.8) is 0 Å². The van der Waals surface area contributed by atoms with Gasteiger partial charge in [-0.05, 0) is 37.5 Å². The molecule has 0 unspecified atom stereocenters. The molecule has 1 aromatic carbocycles. The summed E-state index contributed by atoms with van der Waals surface area (Å²) in [5.74, 6) is -0.180. The van der Waals surface area contributed by atoms with Crippen LogP contribution in [0.5, 0.6) is 0 Å². The van der Waals surface area contributed by atoms with Gasteiger partial charge in [0.1, 0.15) is 5.82 Å². The summed E-state index contributed by atoms with van der Waals surface area (Å²) in [6, 6.07) is 6.67. The third kappa shape index (κ3) is 1.89. The monoisotopic (exact) mass is 180 g/mol. The van der Waals surface area contributed by atoms with Crippen LogP contribution in [0.25, 0.3) is 0 Å². The fourth-order valence-corrected chi connectivity index (χ4v) is 1.75. The summed E-state index contributed by atoms with van der Waals surface area (Å²) < 4.78 is 18.5. The van der Waals surface area contributed by atoms with Crippen LogP contribution in [0.1, 0.15) is 31.4 Å². The SMILES string of the molecule is C[C@@H]1CC[C@@H](c2cccc(F)c2)O1. The van der Waals surface area contributed by atoms with Crippen molar-refractivity contribution in [1.82, 2.24) is 0 Å². The summed E-state index contributed by atoms with van der Waals surface area (Å²) in [6.07, 6.45) is 2.49. The topological polar surface area (TPSA) is 9.23 Å². The molecule has 0 aliphatic carbocycles. The average Bonchev–Trinajstić information content (AvgIpc) is 2.52. The predicted octanol–water partition coefficient (Wildman–Crippen LogP) is 3.07. The zero-order chi connectivity index (χ0) is 9.26. The first-order chi connectivity index (χ1) is 6.25. The average molecular weight is 180 g/mol. The maximum atomic E-state index is 12.9. The molecule has 1 fully saturated rings. The van der Waals surface area contributed by atoms with Crippen molar-refractivity contribution >= 4 is 0 Å². The molecule has 70 valence electrons. The van der Waals surface area contributed by atoms with E-state index < -0.39 is 0 Å². The summed E-state index contributed by atoms with van der Waals surface area (Å²) in [5.41, 5.74) is 0.962. The van der Waals surface area contributed by atoms with Gasteiger partial charge < -0.3 is 4.74 Å². The molecule has 0 bridgehead atoms. The minimum atomic E-state index is -0.180. The second kappa shape index (κ2) is 3.46. The van der Waals surface area contributed by atoms with E-state index in [4.69, 9.17) is 4.74 Å². The zero-order valence-electron chi connectivity index (χ0n) is 7.66. The quantitative estimate of drug-likeness (QED) is 0.645. The Labute approximate surface area is 77.5 Å². The highest BCUT2D eigenvalue weighted by atomic mass is 19.1. The van der Waals surface area contributed by atoms with Crippen molar-refractivity contribution in [1.29, 1.82) is 0 Å². The third-order valence-corrected chi connectivity index (χ3v) is 2.45. The first-order valence-electron chi connectivity index (χ1n) is 4.66. The molecule has 0 aromatic heterocycles. The van der Waals surface area contributed by atoms with Crippen molar-refractivity contribution in [2.24, 2.45) is 0 Å². The molecule has 2 heteroatoms. The lowest BCUT2D eigenvalue weighted by Crippen LogP contribution is -2.00. The minimum absolute atomic E-state index is 0.102. The number of rotatable bonds is 1. The number of halogens is 1. The van der Waals surface area contributed by atoms with E-state index >= 15 is 0 Å². The van der Waals surface area contributed by atoms with Gasteiger partial charge in [-0.15, -0.1) is 0 Å². The van der Waals surface area contributed by atoms with Crippen molar-refractivity contribution in [2.75, 3.05) is 0 Å². The van der Waals surface area contributed by atoms with Gasteiger partial charge in [-0.25, -0.2) is 4.39 Å². The van der Waals surface area contributed by atoms with Gasteiger partial charge in [0.25, 0.3) is 0 Å². The first-order valence-corrected chi connectivity index (χ1v) is 4.66. The fraction of sp³-hybridized carbons (Fsp3) is 0.455. The van der Waals surface area contributed by atoms with Crippen LogP contribution in [-0.4, -0.2) is 6.10 Å². The van der Waals surface area contributed by atoms with Gasteiger partial charge in [0.15, 0.2) is 0 Å². The van der Waals surface area contributed by atoms with Crippen molar-refractivity contribution in [2.45, 2.75) is 32.0 Å². The summed E-state index contributed by atoms with van der Waals surface area (Å²) >= 11 is 0. The molecule has 1 saturated heterocycles. The Morgan fingerprint density at radius 2 is 2.23 bits per heavy atom. The molecular weight excluding hydrogens is 167 g/mol. The van der Waals surface area contributed by atoms with E-state index in [1.54, 1.807) is 12.1 Å². The standard InChI is InChI=1S/C11H13FO/c1-8-5-6-11(13-8)9-3-2-4-10(12)7-9/h2-4,7-8,11H,5-6H2,1H3/t8-,11+/m1/s1. The Bertz CT molecular complexity index is 298. The Balaban J connectivity index is 2.16. The highest BCUT2D eigenvalue weighted by molar-refractivity contribution is 5.19.